The van der Waals surface area contributed by atoms with Gasteiger partial charge >= 0.3 is 0 Å². The molecule has 8 nitrogen and oxygen atoms in total. The lowest BCUT2D eigenvalue weighted by Gasteiger charge is -2.25. The molecule has 0 aliphatic carbocycles. The zero-order chi connectivity index (χ0) is 21.2. The molecule has 0 saturated heterocycles. The zero-order valence-electron chi connectivity index (χ0n) is 17.1. The number of carbonyl (C=O) groups is 2. The van der Waals surface area contributed by atoms with E-state index in [4.69, 9.17) is 0 Å². The largest absolute Gasteiger partial charge is 0.508 e. The highest BCUT2D eigenvalue weighted by atomic mass is 16.3. The predicted octanol–water partition coefficient (Wildman–Crippen LogP) is 0.909. The number of nitrogens with one attached hydrogen (secondary N) is 2. The number of benzene rings is 1. The zero-order valence-corrected chi connectivity index (χ0v) is 17.1. The topological polar surface area (TPSA) is 107 Å². The van der Waals surface area contributed by atoms with Gasteiger partial charge in [0.15, 0.2) is 0 Å². The summed E-state index contributed by atoms with van der Waals surface area (Å²) < 4.78 is 0. The molecule has 8 heteroatoms. The molecule has 1 aromatic carbocycles. The van der Waals surface area contributed by atoms with Crippen molar-refractivity contribution in [2.45, 2.75) is 38.3 Å². The van der Waals surface area contributed by atoms with Crippen molar-refractivity contribution in [3.05, 3.63) is 54.1 Å². The molecule has 0 fully saturated rings. The van der Waals surface area contributed by atoms with Gasteiger partial charge in [0.2, 0.25) is 11.8 Å². The summed E-state index contributed by atoms with van der Waals surface area (Å²) in [6.07, 6.45) is 7.02. The summed E-state index contributed by atoms with van der Waals surface area (Å²) in [6.45, 7) is 2.18. The number of hydrogen-bond donors (Lipinski definition) is 3. The van der Waals surface area contributed by atoms with Crippen molar-refractivity contribution >= 4 is 11.8 Å². The number of aromatic nitrogens is 2. The van der Waals surface area contributed by atoms with Crippen LogP contribution in [0.4, 0.5) is 0 Å². The van der Waals surface area contributed by atoms with Crippen LogP contribution in [0.25, 0.3) is 0 Å². The number of rotatable bonds is 10. The summed E-state index contributed by atoms with van der Waals surface area (Å²) in [6, 6.07) is 5.70. The molecule has 0 unspecified atom stereocenters. The van der Waals surface area contributed by atoms with Crippen molar-refractivity contribution in [2.24, 2.45) is 0 Å². The summed E-state index contributed by atoms with van der Waals surface area (Å²) in [7, 11) is 3.64. The van der Waals surface area contributed by atoms with Crippen molar-refractivity contribution in [1.82, 2.24) is 25.5 Å². The van der Waals surface area contributed by atoms with E-state index < -0.39 is 12.1 Å². The fourth-order valence-electron chi connectivity index (χ4n) is 2.86. The number of phenols is 1. The first-order valence-electron chi connectivity index (χ1n) is 9.63. The first-order chi connectivity index (χ1) is 13.9. The van der Waals surface area contributed by atoms with E-state index in [1.54, 1.807) is 43.6 Å². The second kappa shape index (κ2) is 11.1. The number of likely N-dealkylation sites (N-methyl/N-ethyl adjacent to an activating group) is 1. The molecule has 0 aliphatic rings. The van der Waals surface area contributed by atoms with Crippen LogP contribution in [0.1, 0.15) is 24.5 Å². The minimum Gasteiger partial charge on any atom is -0.508 e. The van der Waals surface area contributed by atoms with Crippen LogP contribution in [-0.4, -0.2) is 64.5 Å². The smallest absolute Gasteiger partial charge is 0.242 e. The summed E-state index contributed by atoms with van der Waals surface area (Å²) in [4.78, 5) is 34.7. The molecule has 0 spiro atoms. The van der Waals surface area contributed by atoms with E-state index in [-0.39, 0.29) is 17.6 Å². The standard InChI is InChI=1S/C21H29N5O3/c1-15(20(28)24-10-4-5-17-12-22-14-23-13-17)25-21(29)19(26(2)3)11-16-6-8-18(27)9-7-16/h6-9,12-15,19,27H,4-5,10-11H2,1-3H3,(H,24,28)(H,25,29)/t15-,19+/m1/s1. The van der Waals surface area contributed by atoms with Gasteiger partial charge < -0.3 is 15.7 Å². The van der Waals surface area contributed by atoms with Crippen LogP contribution in [-0.2, 0) is 22.4 Å². The third-order valence-electron chi connectivity index (χ3n) is 4.60. The third kappa shape index (κ3) is 7.50. The number of aromatic hydroxyl groups is 1. The van der Waals surface area contributed by atoms with Gasteiger partial charge in [0.1, 0.15) is 18.1 Å². The molecule has 156 valence electrons. The maximum atomic E-state index is 12.7. The quantitative estimate of drug-likeness (QED) is 0.513. The lowest BCUT2D eigenvalue weighted by atomic mass is 10.0. The van der Waals surface area contributed by atoms with E-state index in [1.165, 1.54) is 6.33 Å². The van der Waals surface area contributed by atoms with E-state index in [1.807, 2.05) is 19.0 Å². The highest BCUT2D eigenvalue weighted by Gasteiger charge is 2.24. The molecular formula is C21H29N5O3. The van der Waals surface area contributed by atoms with Crippen LogP contribution in [0, 0.1) is 0 Å². The molecule has 0 bridgehead atoms. The lowest BCUT2D eigenvalue weighted by molar-refractivity contribution is -0.131. The summed E-state index contributed by atoms with van der Waals surface area (Å²) in [5.41, 5.74) is 1.95. The van der Waals surface area contributed by atoms with Gasteiger partial charge in [-0.05, 0) is 63.5 Å². The van der Waals surface area contributed by atoms with E-state index in [0.717, 1.165) is 24.0 Å². The van der Waals surface area contributed by atoms with Crippen molar-refractivity contribution in [2.75, 3.05) is 20.6 Å². The van der Waals surface area contributed by atoms with Gasteiger partial charge in [-0.25, -0.2) is 9.97 Å². The Balaban J connectivity index is 1.79. The minimum absolute atomic E-state index is 0.185. The Labute approximate surface area is 171 Å². The number of amides is 2. The van der Waals surface area contributed by atoms with Crippen molar-refractivity contribution < 1.29 is 14.7 Å². The summed E-state index contributed by atoms with van der Waals surface area (Å²) >= 11 is 0. The lowest BCUT2D eigenvalue weighted by Crippen LogP contribution is -2.52. The molecule has 0 radical (unpaired) electrons. The molecule has 0 aliphatic heterocycles. The van der Waals surface area contributed by atoms with Gasteiger partial charge in [0.25, 0.3) is 0 Å². The minimum atomic E-state index is -0.634. The monoisotopic (exact) mass is 399 g/mol. The number of carbonyl (C=O) groups excluding carboxylic acids is 2. The maximum Gasteiger partial charge on any atom is 0.242 e. The Bertz CT molecular complexity index is 781. The average molecular weight is 399 g/mol. The molecule has 0 saturated carbocycles. The predicted molar refractivity (Wildman–Crippen MR) is 110 cm³/mol. The Morgan fingerprint density at radius 1 is 1.07 bits per heavy atom. The van der Waals surface area contributed by atoms with Crippen molar-refractivity contribution in [1.29, 1.82) is 0 Å². The molecule has 2 atom stereocenters. The second-order valence-electron chi connectivity index (χ2n) is 7.22. The highest BCUT2D eigenvalue weighted by Crippen LogP contribution is 2.13. The molecule has 1 heterocycles. The van der Waals surface area contributed by atoms with Crippen LogP contribution in [0.3, 0.4) is 0 Å². The molecule has 29 heavy (non-hydrogen) atoms. The average Bonchev–Trinajstić information content (AvgIpc) is 2.70. The Hall–Kier alpha value is -3.00. The number of nitrogens with zero attached hydrogens (tertiary/aromatic N) is 3. The van der Waals surface area contributed by atoms with Gasteiger partial charge in [-0.15, -0.1) is 0 Å². The normalized spacial score (nSPS) is 13.0. The van der Waals surface area contributed by atoms with E-state index in [9.17, 15) is 14.7 Å². The van der Waals surface area contributed by atoms with E-state index >= 15 is 0 Å². The highest BCUT2D eigenvalue weighted by molar-refractivity contribution is 5.89. The van der Waals surface area contributed by atoms with Gasteiger partial charge in [-0.2, -0.15) is 0 Å². The molecule has 2 amide bonds. The number of aryl methyl sites for hydroxylation is 1. The summed E-state index contributed by atoms with van der Waals surface area (Å²) in [5.74, 6) is -0.248. The van der Waals surface area contributed by atoms with Gasteiger partial charge in [-0.1, -0.05) is 12.1 Å². The van der Waals surface area contributed by atoms with Gasteiger partial charge in [0.05, 0.1) is 6.04 Å². The van der Waals surface area contributed by atoms with Gasteiger partial charge in [-0.3, -0.25) is 14.5 Å². The third-order valence-corrected chi connectivity index (χ3v) is 4.60. The molecular weight excluding hydrogens is 370 g/mol. The van der Waals surface area contributed by atoms with Crippen molar-refractivity contribution in [3.8, 4) is 5.75 Å². The first kappa shape index (κ1) is 22.3. The Morgan fingerprint density at radius 2 is 1.72 bits per heavy atom. The second-order valence-corrected chi connectivity index (χ2v) is 7.22. The molecule has 2 aromatic rings. The summed E-state index contributed by atoms with van der Waals surface area (Å²) in [5, 5.41) is 15.0. The maximum absolute atomic E-state index is 12.7. The van der Waals surface area contributed by atoms with Gasteiger partial charge in [0, 0.05) is 18.9 Å². The van der Waals surface area contributed by atoms with Crippen LogP contribution in [0.2, 0.25) is 0 Å². The van der Waals surface area contributed by atoms with Crippen LogP contribution in [0.5, 0.6) is 5.75 Å². The van der Waals surface area contributed by atoms with Crippen molar-refractivity contribution in [3.63, 3.8) is 0 Å². The first-order valence-corrected chi connectivity index (χ1v) is 9.63. The Morgan fingerprint density at radius 3 is 2.34 bits per heavy atom. The fraction of sp³-hybridized carbons (Fsp3) is 0.429. The molecule has 2 rings (SSSR count). The fourth-order valence-corrected chi connectivity index (χ4v) is 2.86. The van der Waals surface area contributed by atoms with Crippen LogP contribution < -0.4 is 10.6 Å². The SMILES string of the molecule is C[C@@H](NC(=O)[C@H](Cc1ccc(O)cc1)N(C)C)C(=O)NCCCc1cncnc1. The van der Waals surface area contributed by atoms with E-state index in [2.05, 4.69) is 20.6 Å². The molecule has 1 aromatic heterocycles. The Kier molecular flexibility index (Phi) is 8.54. The number of phenolic OH excluding ortho intramolecular Hbond substituents is 1. The van der Waals surface area contributed by atoms with Crippen LogP contribution in [0.15, 0.2) is 43.0 Å². The van der Waals surface area contributed by atoms with Crippen LogP contribution >= 0.6 is 0 Å². The molecule has 3 N–H and O–H groups in total. The van der Waals surface area contributed by atoms with E-state index in [0.29, 0.717) is 13.0 Å². The number of hydrogen-bond acceptors (Lipinski definition) is 6.